The number of hydrogen-bond acceptors (Lipinski definition) is 2. The molecule has 1 aliphatic rings. The number of rotatable bonds is 4. The highest BCUT2D eigenvalue weighted by Crippen LogP contribution is 2.24. The van der Waals surface area contributed by atoms with Gasteiger partial charge in [0.1, 0.15) is 0 Å². The molecule has 0 N–H and O–H groups in total. The molecule has 2 nitrogen and oxygen atoms in total. The lowest BCUT2D eigenvalue weighted by Crippen LogP contribution is -2.52. The van der Waals surface area contributed by atoms with Crippen molar-refractivity contribution in [1.82, 2.24) is 9.80 Å². The highest BCUT2D eigenvalue weighted by molar-refractivity contribution is 5.24. The number of hydrogen-bond donors (Lipinski definition) is 0. The highest BCUT2D eigenvalue weighted by Gasteiger charge is 2.26. The lowest BCUT2D eigenvalue weighted by atomic mass is 10.0. The van der Waals surface area contributed by atoms with Crippen molar-refractivity contribution >= 4 is 0 Å². The van der Waals surface area contributed by atoms with E-state index in [4.69, 9.17) is 0 Å². The van der Waals surface area contributed by atoms with Crippen LogP contribution >= 0.6 is 0 Å². The molecule has 1 aliphatic heterocycles. The fraction of sp³-hybridized carbons (Fsp3) is 0.684. The van der Waals surface area contributed by atoms with E-state index in [9.17, 15) is 0 Å². The molecule has 2 atom stereocenters. The number of aryl methyl sites for hydroxylation is 1. The summed E-state index contributed by atoms with van der Waals surface area (Å²) in [7, 11) is 0. The fourth-order valence-corrected chi connectivity index (χ4v) is 3.14. The zero-order valence-corrected chi connectivity index (χ0v) is 14.9. The molecule has 1 aromatic rings. The van der Waals surface area contributed by atoms with Crippen LogP contribution in [0.3, 0.4) is 0 Å². The maximum Gasteiger partial charge on any atom is 0.0321 e. The average molecular weight is 290 g/mol. The molecule has 0 amide bonds. The first kappa shape index (κ1) is 18.2. The van der Waals surface area contributed by atoms with Crippen LogP contribution in [0.4, 0.5) is 0 Å². The smallest absolute Gasteiger partial charge is 0.0321 e. The molecule has 0 aliphatic carbocycles. The number of benzene rings is 1. The van der Waals surface area contributed by atoms with Gasteiger partial charge in [-0.25, -0.2) is 0 Å². The molecule has 0 aromatic heterocycles. The van der Waals surface area contributed by atoms with Crippen LogP contribution < -0.4 is 0 Å². The van der Waals surface area contributed by atoms with E-state index in [0.29, 0.717) is 12.1 Å². The summed E-state index contributed by atoms with van der Waals surface area (Å²) >= 11 is 0. The quantitative estimate of drug-likeness (QED) is 0.805. The predicted molar refractivity (Wildman–Crippen MR) is 93.8 cm³/mol. The average Bonchev–Trinajstić information content (AvgIpc) is 2.51. The first-order valence-electron chi connectivity index (χ1n) is 8.66. The summed E-state index contributed by atoms with van der Waals surface area (Å²) in [6.45, 7) is 18.0. The molecule has 120 valence electrons. The van der Waals surface area contributed by atoms with Crippen molar-refractivity contribution in [1.29, 1.82) is 0 Å². The van der Waals surface area contributed by atoms with Crippen LogP contribution in [-0.2, 0) is 0 Å². The molecule has 2 heteroatoms. The van der Waals surface area contributed by atoms with Crippen molar-refractivity contribution in [3.05, 3.63) is 35.4 Å². The minimum Gasteiger partial charge on any atom is -0.298 e. The SMILES string of the molecule is CC.CCCN1CCN([C@@H](C)c2cccc(C)c2)C[C@H]1C. The number of nitrogens with zero attached hydrogens (tertiary/aromatic N) is 2. The van der Waals surface area contributed by atoms with Crippen LogP contribution in [0, 0.1) is 6.92 Å². The first-order chi connectivity index (χ1) is 10.1. The van der Waals surface area contributed by atoms with Gasteiger partial charge in [-0.05, 0) is 39.3 Å². The molecule has 0 saturated carbocycles. The Labute approximate surface area is 132 Å². The predicted octanol–water partition coefficient (Wildman–Crippen LogP) is 4.50. The molecular weight excluding hydrogens is 256 g/mol. The summed E-state index contributed by atoms with van der Waals surface area (Å²) in [5.74, 6) is 0. The van der Waals surface area contributed by atoms with Crippen molar-refractivity contribution < 1.29 is 0 Å². The molecule has 1 heterocycles. The third-order valence-electron chi connectivity index (χ3n) is 4.38. The molecule has 1 saturated heterocycles. The van der Waals surface area contributed by atoms with Gasteiger partial charge < -0.3 is 0 Å². The standard InChI is InChI=1S/C17H28N2.C2H6/c1-5-9-18-10-11-19(13-15(18)3)16(4)17-8-6-7-14(2)12-17;1-2/h6-8,12,15-16H,5,9-11,13H2,1-4H3;1-2H3/t15-,16+;/m1./s1. The highest BCUT2D eigenvalue weighted by atomic mass is 15.3. The molecular formula is C19H34N2. The van der Waals surface area contributed by atoms with Gasteiger partial charge in [0.25, 0.3) is 0 Å². The number of piperazine rings is 1. The molecule has 0 spiro atoms. The zero-order valence-electron chi connectivity index (χ0n) is 14.9. The summed E-state index contributed by atoms with van der Waals surface area (Å²) < 4.78 is 0. The van der Waals surface area contributed by atoms with Gasteiger partial charge in [0.15, 0.2) is 0 Å². The van der Waals surface area contributed by atoms with Crippen molar-refractivity contribution in [2.75, 3.05) is 26.2 Å². The second-order valence-corrected chi connectivity index (χ2v) is 5.97. The van der Waals surface area contributed by atoms with E-state index in [0.717, 1.165) is 0 Å². The molecule has 0 radical (unpaired) electrons. The van der Waals surface area contributed by atoms with E-state index in [-0.39, 0.29) is 0 Å². The molecule has 1 fully saturated rings. The Morgan fingerprint density at radius 2 is 1.95 bits per heavy atom. The Morgan fingerprint density at radius 3 is 2.52 bits per heavy atom. The Bertz CT molecular complexity index is 402. The topological polar surface area (TPSA) is 6.48 Å². The maximum absolute atomic E-state index is 2.63. The van der Waals surface area contributed by atoms with E-state index in [1.54, 1.807) is 0 Å². The second-order valence-electron chi connectivity index (χ2n) is 5.97. The minimum atomic E-state index is 0.533. The lowest BCUT2D eigenvalue weighted by Gasteiger charge is -2.42. The van der Waals surface area contributed by atoms with Crippen LogP contribution in [0.15, 0.2) is 24.3 Å². The minimum absolute atomic E-state index is 0.533. The Balaban J connectivity index is 0.00000106. The van der Waals surface area contributed by atoms with Gasteiger partial charge in [0.05, 0.1) is 0 Å². The van der Waals surface area contributed by atoms with E-state index in [1.807, 2.05) is 13.8 Å². The Kier molecular flexibility index (Phi) is 7.98. The van der Waals surface area contributed by atoms with E-state index < -0.39 is 0 Å². The second kappa shape index (κ2) is 9.22. The third-order valence-corrected chi connectivity index (χ3v) is 4.38. The van der Waals surface area contributed by atoms with Gasteiger partial charge in [0, 0.05) is 31.7 Å². The lowest BCUT2D eigenvalue weighted by molar-refractivity contribution is 0.0600. The third kappa shape index (κ3) is 5.12. The van der Waals surface area contributed by atoms with Gasteiger partial charge in [0.2, 0.25) is 0 Å². The summed E-state index contributed by atoms with van der Waals surface area (Å²) in [4.78, 5) is 5.26. The van der Waals surface area contributed by atoms with Crippen LogP contribution in [-0.4, -0.2) is 42.0 Å². The van der Waals surface area contributed by atoms with Gasteiger partial charge >= 0.3 is 0 Å². The normalized spacial score (nSPS) is 21.5. The van der Waals surface area contributed by atoms with Crippen molar-refractivity contribution in [3.8, 4) is 0 Å². The molecule has 21 heavy (non-hydrogen) atoms. The summed E-state index contributed by atoms with van der Waals surface area (Å²) in [6.07, 6.45) is 1.26. The van der Waals surface area contributed by atoms with Crippen LogP contribution in [0.2, 0.25) is 0 Å². The Morgan fingerprint density at radius 1 is 1.24 bits per heavy atom. The van der Waals surface area contributed by atoms with Crippen LogP contribution in [0.5, 0.6) is 0 Å². The summed E-state index contributed by atoms with van der Waals surface area (Å²) in [6, 6.07) is 10.2. The fourth-order valence-electron chi connectivity index (χ4n) is 3.14. The maximum atomic E-state index is 2.63. The molecule has 0 bridgehead atoms. The van der Waals surface area contributed by atoms with Gasteiger partial charge in [-0.2, -0.15) is 0 Å². The molecule has 1 aromatic carbocycles. The summed E-state index contributed by atoms with van der Waals surface area (Å²) in [5.41, 5.74) is 2.82. The monoisotopic (exact) mass is 290 g/mol. The van der Waals surface area contributed by atoms with Crippen molar-refractivity contribution in [3.63, 3.8) is 0 Å². The summed E-state index contributed by atoms with van der Waals surface area (Å²) in [5, 5.41) is 0. The van der Waals surface area contributed by atoms with Crippen molar-refractivity contribution in [2.45, 2.75) is 60.0 Å². The van der Waals surface area contributed by atoms with Crippen LogP contribution in [0.25, 0.3) is 0 Å². The first-order valence-corrected chi connectivity index (χ1v) is 8.66. The Hall–Kier alpha value is -0.860. The van der Waals surface area contributed by atoms with Gasteiger partial charge in [-0.1, -0.05) is 50.6 Å². The largest absolute Gasteiger partial charge is 0.298 e. The molecule has 0 unspecified atom stereocenters. The van der Waals surface area contributed by atoms with E-state index in [1.165, 1.54) is 43.7 Å². The van der Waals surface area contributed by atoms with Gasteiger partial charge in [-0.15, -0.1) is 0 Å². The molecule has 2 rings (SSSR count). The van der Waals surface area contributed by atoms with Gasteiger partial charge in [-0.3, -0.25) is 9.80 Å². The van der Waals surface area contributed by atoms with Crippen LogP contribution in [0.1, 0.15) is 58.2 Å². The van der Waals surface area contributed by atoms with E-state index >= 15 is 0 Å². The van der Waals surface area contributed by atoms with E-state index in [2.05, 4.69) is 61.8 Å². The van der Waals surface area contributed by atoms with Crippen molar-refractivity contribution in [2.24, 2.45) is 0 Å². The zero-order chi connectivity index (χ0) is 15.8.